The summed E-state index contributed by atoms with van der Waals surface area (Å²) in [7, 11) is 1.61. The SMILES string of the molecule is CNC(=O)CNCc1[nH]c2ccccc2c1Cl. The van der Waals surface area contributed by atoms with Gasteiger partial charge in [-0.05, 0) is 6.07 Å². The molecule has 0 unspecified atom stereocenters. The lowest BCUT2D eigenvalue weighted by molar-refractivity contribution is -0.119. The summed E-state index contributed by atoms with van der Waals surface area (Å²) in [5, 5.41) is 7.29. The fourth-order valence-corrected chi connectivity index (χ4v) is 1.95. The molecule has 1 aromatic heterocycles. The van der Waals surface area contributed by atoms with E-state index in [2.05, 4.69) is 15.6 Å². The van der Waals surface area contributed by atoms with Crippen molar-refractivity contribution >= 4 is 28.4 Å². The maximum atomic E-state index is 11.0. The van der Waals surface area contributed by atoms with Crippen LogP contribution in [0.25, 0.3) is 10.9 Å². The second-order valence-corrected chi connectivity index (χ2v) is 4.12. The van der Waals surface area contributed by atoms with Crippen LogP contribution in [0.3, 0.4) is 0 Å². The molecule has 0 fully saturated rings. The van der Waals surface area contributed by atoms with Crippen LogP contribution in [0.1, 0.15) is 5.69 Å². The van der Waals surface area contributed by atoms with Gasteiger partial charge in [0.05, 0.1) is 11.6 Å². The number of benzene rings is 1. The minimum absolute atomic E-state index is 0.0442. The molecule has 4 nitrogen and oxygen atoms in total. The van der Waals surface area contributed by atoms with Crippen molar-refractivity contribution in [3.05, 3.63) is 35.0 Å². The van der Waals surface area contributed by atoms with Crippen LogP contribution in [0.4, 0.5) is 0 Å². The van der Waals surface area contributed by atoms with Crippen molar-refractivity contribution in [1.29, 1.82) is 0 Å². The molecule has 3 N–H and O–H groups in total. The summed E-state index contributed by atoms with van der Waals surface area (Å²) in [6.45, 7) is 0.823. The third-order valence-corrected chi connectivity index (χ3v) is 3.01. The Kier molecular flexibility index (Phi) is 3.66. The normalized spacial score (nSPS) is 10.7. The van der Waals surface area contributed by atoms with E-state index >= 15 is 0 Å². The molecule has 1 aromatic carbocycles. The van der Waals surface area contributed by atoms with Gasteiger partial charge in [0.15, 0.2) is 0 Å². The lowest BCUT2D eigenvalue weighted by Gasteiger charge is -2.02. The fraction of sp³-hybridized carbons (Fsp3) is 0.250. The van der Waals surface area contributed by atoms with Crippen LogP contribution in [0.2, 0.25) is 5.02 Å². The number of fused-ring (bicyclic) bond motifs is 1. The van der Waals surface area contributed by atoms with E-state index in [-0.39, 0.29) is 12.5 Å². The number of likely N-dealkylation sites (N-methyl/N-ethyl adjacent to an activating group) is 1. The van der Waals surface area contributed by atoms with Gasteiger partial charge in [0.2, 0.25) is 5.91 Å². The molecule has 2 aromatic rings. The number of H-pyrrole nitrogens is 1. The average Bonchev–Trinajstić information content (AvgIpc) is 2.67. The molecule has 17 heavy (non-hydrogen) atoms. The molecule has 90 valence electrons. The molecule has 0 saturated carbocycles. The van der Waals surface area contributed by atoms with Crippen LogP contribution in [-0.4, -0.2) is 24.5 Å². The number of para-hydroxylation sites is 1. The van der Waals surface area contributed by atoms with Crippen LogP contribution < -0.4 is 10.6 Å². The summed E-state index contributed by atoms with van der Waals surface area (Å²) < 4.78 is 0. The van der Waals surface area contributed by atoms with Crippen molar-refractivity contribution in [3.63, 3.8) is 0 Å². The van der Waals surface area contributed by atoms with E-state index in [1.54, 1.807) is 7.05 Å². The minimum atomic E-state index is -0.0442. The summed E-state index contributed by atoms with van der Waals surface area (Å²) in [5.41, 5.74) is 1.91. The minimum Gasteiger partial charge on any atom is -0.358 e. The first-order valence-electron chi connectivity index (χ1n) is 5.38. The van der Waals surface area contributed by atoms with Gasteiger partial charge in [-0.15, -0.1) is 0 Å². The summed E-state index contributed by atoms with van der Waals surface area (Å²) >= 11 is 6.23. The molecule has 0 radical (unpaired) electrons. The molecule has 1 heterocycles. The third-order valence-electron chi connectivity index (χ3n) is 2.58. The fourth-order valence-electron chi connectivity index (χ4n) is 1.67. The molecule has 0 bridgehead atoms. The number of halogens is 1. The molecular formula is C12H14ClN3O. The third kappa shape index (κ3) is 2.60. The standard InChI is InChI=1S/C12H14ClN3O/c1-14-11(17)7-15-6-10-12(13)8-4-2-3-5-9(8)16-10/h2-5,15-16H,6-7H2,1H3,(H,14,17). The van der Waals surface area contributed by atoms with E-state index in [1.807, 2.05) is 24.3 Å². The predicted molar refractivity (Wildman–Crippen MR) is 69.1 cm³/mol. The zero-order valence-corrected chi connectivity index (χ0v) is 10.3. The second kappa shape index (κ2) is 5.21. The zero-order valence-electron chi connectivity index (χ0n) is 9.51. The molecule has 0 saturated heterocycles. The Morgan fingerprint density at radius 1 is 1.41 bits per heavy atom. The van der Waals surface area contributed by atoms with E-state index in [0.29, 0.717) is 11.6 Å². The number of aromatic nitrogens is 1. The van der Waals surface area contributed by atoms with E-state index < -0.39 is 0 Å². The molecule has 1 amide bonds. The van der Waals surface area contributed by atoms with Crippen molar-refractivity contribution in [2.24, 2.45) is 0 Å². The van der Waals surface area contributed by atoms with Gasteiger partial charge in [0.1, 0.15) is 0 Å². The van der Waals surface area contributed by atoms with Gasteiger partial charge in [0.25, 0.3) is 0 Å². The van der Waals surface area contributed by atoms with Crippen molar-refractivity contribution in [3.8, 4) is 0 Å². The Balaban J connectivity index is 2.09. The van der Waals surface area contributed by atoms with Gasteiger partial charge in [-0.3, -0.25) is 4.79 Å². The van der Waals surface area contributed by atoms with Crippen molar-refractivity contribution < 1.29 is 4.79 Å². The van der Waals surface area contributed by atoms with Crippen molar-refractivity contribution in [2.45, 2.75) is 6.54 Å². The first-order valence-corrected chi connectivity index (χ1v) is 5.76. The summed E-state index contributed by atoms with van der Waals surface area (Å²) in [6, 6.07) is 7.85. The number of amides is 1. The molecule has 0 aliphatic heterocycles. The number of carbonyl (C=O) groups excluding carboxylic acids is 1. The van der Waals surface area contributed by atoms with E-state index in [9.17, 15) is 4.79 Å². The van der Waals surface area contributed by atoms with Crippen LogP contribution in [-0.2, 0) is 11.3 Å². The first kappa shape index (κ1) is 12.0. The van der Waals surface area contributed by atoms with Gasteiger partial charge in [-0.1, -0.05) is 29.8 Å². The Labute approximate surface area is 104 Å². The maximum Gasteiger partial charge on any atom is 0.233 e. The number of nitrogens with one attached hydrogen (secondary N) is 3. The van der Waals surface area contributed by atoms with Crippen molar-refractivity contribution in [2.75, 3.05) is 13.6 Å². The van der Waals surface area contributed by atoms with E-state index in [1.165, 1.54) is 0 Å². The van der Waals surface area contributed by atoms with Crippen LogP contribution in [0.5, 0.6) is 0 Å². The predicted octanol–water partition coefficient (Wildman–Crippen LogP) is 1.66. The molecule has 2 rings (SSSR count). The summed E-state index contributed by atoms with van der Waals surface area (Å²) in [4.78, 5) is 14.3. The Bertz CT molecular complexity index is 536. The molecular weight excluding hydrogens is 238 g/mol. The highest BCUT2D eigenvalue weighted by molar-refractivity contribution is 6.36. The van der Waals surface area contributed by atoms with Gasteiger partial charge in [-0.2, -0.15) is 0 Å². The molecule has 0 aliphatic rings. The topological polar surface area (TPSA) is 56.9 Å². The molecule has 0 atom stereocenters. The maximum absolute atomic E-state index is 11.0. The van der Waals surface area contributed by atoms with Gasteiger partial charge >= 0.3 is 0 Å². The second-order valence-electron chi connectivity index (χ2n) is 3.74. The Morgan fingerprint density at radius 3 is 2.88 bits per heavy atom. The highest BCUT2D eigenvalue weighted by atomic mass is 35.5. The monoisotopic (exact) mass is 251 g/mol. The van der Waals surface area contributed by atoms with Crippen LogP contribution >= 0.6 is 11.6 Å². The lowest BCUT2D eigenvalue weighted by Crippen LogP contribution is -2.31. The Hall–Kier alpha value is -1.52. The number of carbonyl (C=O) groups is 1. The van der Waals surface area contributed by atoms with E-state index in [4.69, 9.17) is 11.6 Å². The Morgan fingerprint density at radius 2 is 2.18 bits per heavy atom. The quantitative estimate of drug-likeness (QED) is 0.774. The smallest absolute Gasteiger partial charge is 0.233 e. The van der Waals surface area contributed by atoms with Gasteiger partial charge in [-0.25, -0.2) is 0 Å². The molecule has 0 aliphatic carbocycles. The lowest BCUT2D eigenvalue weighted by atomic mass is 10.2. The van der Waals surface area contributed by atoms with Crippen LogP contribution in [0.15, 0.2) is 24.3 Å². The summed E-state index contributed by atoms with van der Waals surface area (Å²) in [6.07, 6.45) is 0. The highest BCUT2D eigenvalue weighted by Crippen LogP contribution is 2.26. The van der Waals surface area contributed by atoms with Gasteiger partial charge < -0.3 is 15.6 Å². The largest absolute Gasteiger partial charge is 0.358 e. The van der Waals surface area contributed by atoms with Gasteiger partial charge in [0, 0.05) is 30.2 Å². The van der Waals surface area contributed by atoms with Crippen molar-refractivity contribution in [1.82, 2.24) is 15.6 Å². The number of hydrogen-bond donors (Lipinski definition) is 3. The summed E-state index contributed by atoms with van der Waals surface area (Å²) in [5.74, 6) is -0.0442. The molecule has 0 spiro atoms. The van der Waals surface area contributed by atoms with Crippen LogP contribution in [0, 0.1) is 0 Å². The highest BCUT2D eigenvalue weighted by Gasteiger charge is 2.08. The molecule has 5 heteroatoms. The first-order chi connectivity index (χ1) is 8.22. The number of hydrogen-bond acceptors (Lipinski definition) is 2. The average molecular weight is 252 g/mol. The number of rotatable bonds is 4. The van der Waals surface area contributed by atoms with E-state index in [0.717, 1.165) is 16.6 Å². The number of aromatic amines is 1. The zero-order chi connectivity index (χ0) is 12.3.